The summed E-state index contributed by atoms with van der Waals surface area (Å²) in [6.45, 7) is 1.94. The molecule has 2 aromatic rings. The second-order valence-electron chi connectivity index (χ2n) is 4.04. The van der Waals surface area contributed by atoms with E-state index in [2.05, 4.69) is 15.9 Å². The van der Waals surface area contributed by atoms with Crippen LogP contribution in [0.4, 0.5) is 4.39 Å². The molecule has 0 aliphatic carbocycles. The fraction of sp³-hybridized carbons (Fsp3) is 0.133. The molecular weight excluding hydrogens is 359 g/mol. The number of thioether (sulfide) groups is 1. The molecule has 0 heterocycles. The minimum atomic E-state index is -1.06. The van der Waals surface area contributed by atoms with Gasteiger partial charge in [0.15, 0.2) is 0 Å². The Morgan fingerprint density at radius 2 is 2.10 bits per heavy atom. The smallest absolute Gasteiger partial charge is 0.340 e. The number of benzene rings is 2. The van der Waals surface area contributed by atoms with E-state index in [1.165, 1.54) is 30.0 Å². The van der Waals surface area contributed by atoms with Crippen molar-refractivity contribution in [2.75, 3.05) is 5.75 Å². The molecule has 1 N–H and O–H groups in total. The van der Waals surface area contributed by atoms with E-state index in [0.717, 1.165) is 5.75 Å². The van der Waals surface area contributed by atoms with Crippen LogP contribution >= 0.6 is 27.7 Å². The first-order chi connectivity index (χ1) is 10.0. The van der Waals surface area contributed by atoms with Crippen molar-refractivity contribution in [2.45, 2.75) is 11.8 Å². The molecule has 6 heteroatoms. The van der Waals surface area contributed by atoms with Crippen LogP contribution in [0.15, 0.2) is 45.8 Å². The van der Waals surface area contributed by atoms with Gasteiger partial charge in [0.1, 0.15) is 22.9 Å². The Kier molecular flexibility index (Phi) is 5.25. The van der Waals surface area contributed by atoms with Gasteiger partial charge in [0, 0.05) is 4.90 Å². The van der Waals surface area contributed by atoms with Crippen LogP contribution in [-0.4, -0.2) is 16.8 Å². The van der Waals surface area contributed by atoms with Crippen molar-refractivity contribution in [3.63, 3.8) is 0 Å². The van der Waals surface area contributed by atoms with E-state index in [9.17, 15) is 14.3 Å². The summed E-state index contributed by atoms with van der Waals surface area (Å²) in [4.78, 5) is 12.1. The van der Waals surface area contributed by atoms with Crippen molar-refractivity contribution in [1.29, 1.82) is 0 Å². The molecule has 0 bridgehead atoms. The van der Waals surface area contributed by atoms with Crippen molar-refractivity contribution >= 4 is 33.7 Å². The molecular formula is C15H12BrFO3S. The Hall–Kier alpha value is -1.53. The number of rotatable bonds is 5. The van der Waals surface area contributed by atoms with Gasteiger partial charge in [-0.05, 0) is 52.0 Å². The van der Waals surface area contributed by atoms with Gasteiger partial charge in [-0.25, -0.2) is 9.18 Å². The van der Waals surface area contributed by atoms with E-state index in [1.807, 2.05) is 6.92 Å². The molecule has 2 aromatic carbocycles. The Balaban J connectivity index is 2.43. The van der Waals surface area contributed by atoms with Crippen molar-refractivity contribution in [3.8, 4) is 11.5 Å². The molecule has 0 aromatic heterocycles. The van der Waals surface area contributed by atoms with Crippen LogP contribution < -0.4 is 4.74 Å². The van der Waals surface area contributed by atoms with Gasteiger partial charge in [0.25, 0.3) is 0 Å². The second kappa shape index (κ2) is 6.95. The first kappa shape index (κ1) is 15.9. The fourth-order valence-corrected chi connectivity index (χ4v) is 3.01. The van der Waals surface area contributed by atoms with Gasteiger partial charge in [-0.3, -0.25) is 0 Å². The zero-order valence-electron chi connectivity index (χ0n) is 11.1. The van der Waals surface area contributed by atoms with Gasteiger partial charge in [-0.1, -0.05) is 13.0 Å². The van der Waals surface area contributed by atoms with Gasteiger partial charge in [0.2, 0.25) is 0 Å². The molecule has 0 saturated carbocycles. The highest BCUT2D eigenvalue weighted by atomic mass is 79.9. The molecule has 0 unspecified atom stereocenters. The zero-order valence-corrected chi connectivity index (χ0v) is 13.5. The number of hydrogen-bond acceptors (Lipinski definition) is 3. The molecule has 110 valence electrons. The average Bonchev–Trinajstić information content (AvgIpc) is 2.42. The van der Waals surface area contributed by atoms with Crippen molar-refractivity contribution in [1.82, 2.24) is 0 Å². The summed E-state index contributed by atoms with van der Waals surface area (Å²) >= 11 is 4.63. The number of carboxylic acids is 1. The first-order valence-corrected chi connectivity index (χ1v) is 7.92. The second-order valence-corrected chi connectivity index (χ2v) is 6.20. The van der Waals surface area contributed by atoms with Crippen LogP contribution in [0, 0.1) is 5.82 Å². The highest BCUT2D eigenvalue weighted by molar-refractivity contribution is 9.10. The summed E-state index contributed by atoms with van der Waals surface area (Å²) in [5, 5.41) is 9.40. The average molecular weight is 371 g/mol. The number of ether oxygens (including phenoxy) is 1. The Labute approximate surface area is 134 Å². The van der Waals surface area contributed by atoms with E-state index < -0.39 is 11.8 Å². The molecule has 0 aliphatic rings. The number of carbonyl (C=O) groups is 1. The van der Waals surface area contributed by atoms with E-state index >= 15 is 0 Å². The normalized spacial score (nSPS) is 10.4. The molecule has 0 saturated heterocycles. The minimum Gasteiger partial charge on any atom is -0.478 e. The number of carboxylic acid groups (broad SMARTS) is 1. The topological polar surface area (TPSA) is 46.5 Å². The molecule has 0 aliphatic heterocycles. The third-order valence-electron chi connectivity index (χ3n) is 2.62. The van der Waals surface area contributed by atoms with Gasteiger partial charge >= 0.3 is 5.97 Å². The summed E-state index contributed by atoms with van der Waals surface area (Å²) in [6, 6.07) is 9.02. The molecule has 0 atom stereocenters. The lowest BCUT2D eigenvalue weighted by Crippen LogP contribution is -2.02. The number of aromatic carboxylic acids is 1. The molecule has 0 fully saturated rings. The van der Waals surface area contributed by atoms with Crippen molar-refractivity contribution in [3.05, 3.63) is 52.3 Å². The van der Waals surface area contributed by atoms with Gasteiger partial charge in [0.05, 0.1) is 4.47 Å². The van der Waals surface area contributed by atoms with E-state index in [1.54, 1.807) is 18.2 Å². The first-order valence-electron chi connectivity index (χ1n) is 6.15. The Morgan fingerprint density at radius 1 is 1.33 bits per heavy atom. The highest BCUT2D eigenvalue weighted by Crippen LogP contribution is 2.35. The molecule has 0 spiro atoms. The maximum Gasteiger partial charge on any atom is 0.340 e. The van der Waals surface area contributed by atoms with E-state index in [0.29, 0.717) is 15.1 Å². The van der Waals surface area contributed by atoms with Crippen LogP contribution in [0.25, 0.3) is 0 Å². The maximum absolute atomic E-state index is 13.1. The zero-order chi connectivity index (χ0) is 15.4. The lowest BCUT2D eigenvalue weighted by molar-refractivity contribution is 0.0690. The lowest BCUT2D eigenvalue weighted by atomic mass is 10.2. The van der Waals surface area contributed by atoms with Crippen LogP contribution in [-0.2, 0) is 0 Å². The van der Waals surface area contributed by atoms with Crippen LogP contribution in [0.5, 0.6) is 11.5 Å². The van der Waals surface area contributed by atoms with Crippen molar-refractivity contribution < 1.29 is 19.0 Å². The predicted octanol–water partition coefficient (Wildman–Crippen LogP) is 5.19. The standard InChI is InChI=1S/C15H12BrFO3S/c1-2-21-13-5-3-4-12(14(13)15(18)19)20-11-7-6-9(17)8-10(11)16/h3-8H,2H2,1H3,(H,18,19). The monoisotopic (exact) mass is 370 g/mol. The molecule has 2 rings (SSSR count). The predicted molar refractivity (Wildman–Crippen MR) is 84.0 cm³/mol. The van der Waals surface area contributed by atoms with Gasteiger partial charge in [-0.15, -0.1) is 11.8 Å². The summed E-state index contributed by atoms with van der Waals surface area (Å²) in [5.74, 6) is -0.113. The fourth-order valence-electron chi connectivity index (χ4n) is 1.76. The number of hydrogen-bond donors (Lipinski definition) is 1. The summed E-state index contributed by atoms with van der Waals surface area (Å²) in [5.41, 5.74) is 0.112. The largest absolute Gasteiger partial charge is 0.478 e. The Morgan fingerprint density at radius 3 is 2.71 bits per heavy atom. The molecule has 0 amide bonds. The Bertz CT molecular complexity index is 676. The number of halogens is 2. The third-order valence-corrected chi connectivity index (χ3v) is 4.18. The quantitative estimate of drug-likeness (QED) is 0.735. The van der Waals surface area contributed by atoms with Crippen LogP contribution in [0.3, 0.4) is 0 Å². The lowest BCUT2D eigenvalue weighted by Gasteiger charge is -2.13. The minimum absolute atomic E-state index is 0.112. The van der Waals surface area contributed by atoms with E-state index in [4.69, 9.17) is 4.74 Å². The molecule has 3 nitrogen and oxygen atoms in total. The highest BCUT2D eigenvalue weighted by Gasteiger charge is 2.18. The summed E-state index contributed by atoms with van der Waals surface area (Å²) < 4.78 is 19.1. The molecule has 0 radical (unpaired) electrons. The SMILES string of the molecule is CCSc1cccc(Oc2ccc(F)cc2Br)c1C(=O)O. The van der Waals surface area contributed by atoms with Crippen LogP contribution in [0.2, 0.25) is 0 Å². The third kappa shape index (κ3) is 3.77. The van der Waals surface area contributed by atoms with Crippen LogP contribution in [0.1, 0.15) is 17.3 Å². The summed E-state index contributed by atoms with van der Waals surface area (Å²) in [7, 11) is 0. The maximum atomic E-state index is 13.1. The van der Waals surface area contributed by atoms with Gasteiger partial charge < -0.3 is 9.84 Å². The summed E-state index contributed by atoms with van der Waals surface area (Å²) in [6.07, 6.45) is 0. The van der Waals surface area contributed by atoms with E-state index in [-0.39, 0.29) is 11.3 Å². The van der Waals surface area contributed by atoms with Gasteiger partial charge in [-0.2, -0.15) is 0 Å². The molecule has 21 heavy (non-hydrogen) atoms. The van der Waals surface area contributed by atoms with Crippen molar-refractivity contribution in [2.24, 2.45) is 0 Å².